The van der Waals surface area contributed by atoms with Crippen LogP contribution in [0, 0.1) is 29.7 Å². The van der Waals surface area contributed by atoms with Crippen molar-refractivity contribution in [3.8, 4) is 0 Å². The van der Waals surface area contributed by atoms with Crippen LogP contribution >= 0.6 is 8.53 Å². The van der Waals surface area contributed by atoms with Gasteiger partial charge in [-0.15, -0.1) is 0 Å². The summed E-state index contributed by atoms with van der Waals surface area (Å²) in [6.45, 7) is 18.9. The maximum Gasteiger partial charge on any atom is 0.259 e. The highest BCUT2D eigenvalue weighted by Crippen LogP contribution is 2.48. The van der Waals surface area contributed by atoms with Gasteiger partial charge in [-0.2, -0.15) is 0 Å². The van der Waals surface area contributed by atoms with Gasteiger partial charge in [0.2, 0.25) is 18.4 Å². The van der Waals surface area contributed by atoms with Crippen molar-refractivity contribution >= 4 is 20.3 Å². The molecular weight excluding hydrogens is 511 g/mol. The van der Waals surface area contributed by atoms with Gasteiger partial charge < -0.3 is 24.1 Å². The number of unbranched alkanes of at least 4 members (excludes halogenated alkanes) is 2. The average molecular weight is 565 g/mol. The number of allylic oxidation sites excluding steroid dienone is 2. The number of piperidine rings is 1. The molecule has 1 N–H and O–H groups in total. The van der Waals surface area contributed by atoms with Gasteiger partial charge in [-0.1, -0.05) is 25.5 Å². The first kappa shape index (κ1) is 30.4. The molecule has 1 heterocycles. The van der Waals surface area contributed by atoms with Crippen molar-refractivity contribution in [2.45, 2.75) is 98.0 Å². The van der Waals surface area contributed by atoms with E-state index in [9.17, 15) is 9.59 Å². The van der Waals surface area contributed by atoms with Gasteiger partial charge in [0.15, 0.2) is 0 Å². The maximum absolute atomic E-state index is 12.9. The van der Waals surface area contributed by atoms with Gasteiger partial charge in [0.25, 0.3) is 8.53 Å². The number of carbonyl (C=O) groups is 2. The van der Waals surface area contributed by atoms with Gasteiger partial charge in [-0.25, -0.2) is 11.2 Å². The van der Waals surface area contributed by atoms with Gasteiger partial charge in [0.05, 0.1) is 6.61 Å². The fourth-order valence-electron chi connectivity index (χ4n) is 6.04. The number of rotatable bonds is 16. The van der Waals surface area contributed by atoms with Gasteiger partial charge in [-0.05, 0) is 83.5 Å². The molecule has 1 aliphatic heterocycles. The second-order valence-electron chi connectivity index (χ2n) is 12.2. The molecule has 0 spiro atoms. The Labute approximate surface area is 239 Å². The monoisotopic (exact) mass is 564 g/mol. The van der Waals surface area contributed by atoms with Crippen LogP contribution in [0.1, 0.15) is 87.3 Å². The summed E-state index contributed by atoms with van der Waals surface area (Å²) >= 11 is 0. The van der Waals surface area contributed by atoms with E-state index in [2.05, 4.69) is 54.7 Å². The highest BCUT2D eigenvalue weighted by Gasteiger charge is 2.39. The van der Waals surface area contributed by atoms with Crippen molar-refractivity contribution in [1.82, 2.24) is 14.9 Å². The highest BCUT2D eigenvalue weighted by atomic mass is 31.2. The lowest BCUT2D eigenvalue weighted by Gasteiger charge is -2.41. The predicted octanol–water partition coefficient (Wildman–Crippen LogP) is 5.80. The average Bonchev–Trinajstić information content (AvgIpc) is 3.57. The second-order valence-corrected chi connectivity index (χ2v) is 13.6. The fourth-order valence-corrected chi connectivity index (χ4v) is 7.75. The molecule has 220 valence electrons. The van der Waals surface area contributed by atoms with E-state index in [-0.39, 0.29) is 42.1 Å². The van der Waals surface area contributed by atoms with Crippen molar-refractivity contribution < 1.29 is 20.0 Å². The molecule has 1 saturated carbocycles. The van der Waals surface area contributed by atoms with E-state index in [0.29, 0.717) is 57.6 Å². The first-order valence-corrected chi connectivity index (χ1v) is 16.0. The van der Waals surface area contributed by atoms with Crippen molar-refractivity contribution in [1.29, 1.82) is 0 Å². The summed E-state index contributed by atoms with van der Waals surface area (Å²) in [6, 6.07) is 0.475. The zero-order valence-electron chi connectivity index (χ0n) is 25.6. The van der Waals surface area contributed by atoms with Gasteiger partial charge in [0, 0.05) is 45.4 Å². The number of hydrogen-bond donors (Lipinski definition) is 1. The van der Waals surface area contributed by atoms with E-state index in [0.717, 1.165) is 44.9 Å². The molecule has 2 aliphatic carbocycles. The summed E-state index contributed by atoms with van der Waals surface area (Å²) in [6.07, 6.45) is 11.3. The Morgan fingerprint density at radius 1 is 1.15 bits per heavy atom. The van der Waals surface area contributed by atoms with Crippen LogP contribution in [0.3, 0.4) is 0 Å². The van der Waals surface area contributed by atoms with Gasteiger partial charge >= 0.3 is 0 Å². The quantitative estimate of drug-likeness (QED) is 0.111. The van der Waals surface area contributed by atoms with Crippen molar-refractivity contribution in [3.05, 3.63) is 23.6 Å². The number of fused-ring (bicyclic) bond motifs is 2. The van der Waals surface area contributed by atoms with Crippen LogP contribution in [-0.2, 0) is 18.6 Å². The van der Waals surface area contributed by atoms with Crippen LogP contribution in [0.4, 0.5) is 0 Å². The summed E-state index contributed by atoms with van der Waals surface area (Å²) in [5.41, 5.74) is -0.285. The number of nitrogens with zero attached hydrogens (tertiary/aromatic N) is 3. The standard InChI is InChI=1S/C30H51N4O4P/c1-23(2)34(24(3)4)39(37-19-16-31-6)38-22-30(5)13-17-33(18-14-30)28(35)10-8-7-9-15-32-29(36)27-21-25-11-12-26(27)20-25/h11-12,23-27H,7-10,13-22H2,1-5H3,(H,32,36)/i5T. The lowest BCUT2D eigenvalue weighted by atomic mass is 9.81. The zero-order chi connectivity index (χ0) is 29.1. The Balaban J connectivity index is 1.35. The normalized spacial score (nSPS) is 24.8. The third kappa shape index (κ3) is 9.52. The second kappa shape index (κ2) is 15.5. The highest BCUT2D eigenvalue weighted by molar-refractivity contribution is 7.44. The molecule has 2 amide bonds. The van der Waals surface area contributed by atoms with Crippen molar-refractivity contribution in [2.24, 2.45) is 23.2 Å². The lowest BCUT2D eigenvalue weighted by Crippen LogP contribution is -2.44. The topological polar surface area (TPSA) is 75.5 Å². The maximum atomic E-state index is 12.9. The Kier molecular flexibility index (Phi) is 12.1. The van der Waals surface area contributed by atoms with E-state index in [1.807, 2.05) is 4.90 Å². The molecule has 8 nitrogen and oxygen atoms in total. The van der Waals surface area contributed by atoms with Crippen LogP contribution in [0.25, 0.3) is 4.85 Å². The van der Waals surface area contributed by atoms with E-state index < -0.39 is 8.53 Å². The van der Waals surface area contributed by atoms with Crippen LogP contribution < -0.4 is 5.32 Å². The molecule has 4 atom stereocenters. The largest absolute Gasteiger partial charge is 0.356 e. The molecule has 0 radical (unpaired) electrons. The molecule has 0 aromatic heterocycles. The van der Waals surface area contributed by atoms with Crippen molar-refractivity contribution in [3.63, 3.8) is 0 Å². The minimum absolute atomic E-state index is 0.158. The summed E-state index contributed by atoms with van der Waals surface area (Å²) < 4.78 is 22.9. The first-order chi connectivity index (χ1) is 19.2. The summed E-state index contributed by atoms with van der Waals surface area (Å²) in [5.74, 6) is 1.59. The number of hydrogen-bond acceptors (Lipinski definition) is 5. The molecule has 2 fully saturated rings. The molecule has 3 aliphatic rings. The number of carbonyl (C=O) groups excluding carboxylic acids is 2. The number of amides is 2. The van der Waals surface area contributed by atoms with Crippen LogP contribution in [0.15, 0.2) is 12.2 Å². The van der Waals surface area contributed by atoms with E-state index in [1.165, 1.54) is 0 Å². The first-order valence-electron chi connectivity index (χ1n) is 15.6. The molecule has 2 bridgehead atoms. The van der Waals surface area contributed by atoms with E-state index in [4.69, 9.17) is 17.0 Å². The minimum atomic E-state index is -1.33. The number of likely N-dealkylation sites (tertiary alicyclic amines) is 1. The Hall–Kier alpha value is -1.52. The Morgan fingerprint density at radius 2 is 1.90 bits per heavy atom. The molecule has 9 heteroatoms. The number of nitrogens with one attached hydrogen (secondary N) is 1. The van der Waals surface area contributed by atoms with Crippen LogP contribution in [-0.4, -0.2) is 72.9 Å². The Morgan fingerprint density at radius 3 is 2.49 bits per heavy atom. The molecule has 1 saturated heterocycles. The summed E-state index contributed by atoms with van der Waals surface area (Å²) in [7, 11) is -1.33. The molecule has 4 unspecified atom stereocenters. The van der Waals surface area contributed by atoms with Gasteiger partial charge in [-0.3, -0.25) is 9.59 Å². The molecule has 0 aromatic rings. The Bertz CT molecular complexity index is 879. The van der Waals surface area contributed by atoms with E-state index in [1.54, 1.807) is 0 Å². The molecule has 39 heavy (non-hydrogen) atoms. The SMILES string of the molecule is [3H]CC1(COP(OCC[N+]#[C-])N(C(C)C)C(C)C)CCN(C(=O)CCCCCNC(=O)C2CC3C=CC2C3)CC1. The predicted molar refractivity (Wildman–Crippen MR) is 157 cm³/mol. The molecule has 0 aromatic carbocycles. The molecule has 3 rings (SSSR count). The summed E-state index contributed by atoms with van der Waals surface area (Å²) in [5, 5.41) is 3.11. The van der Waals surface area contributed by atoms with E-state index >= 15 is 0 Å². The zero-order valence-corrected chi connectivity index (χ0v) is 25.5. The third-order valence-corrected chi connectivity index (χ3v) is 10.3. The summed E-state index contributed by atoms with van der Waals surface area (Å²) in [4.78, 5) is 30.7. The van der Waals surface area contributed by atoms with Crippen LogP contribution in [0.2, 0.25) is 0 Å². The minimum Gasteiger partial charge on any atom is -0.356 e. The van der Waals surface area contributed by atoms with Gasteiger partial charge in [0.1, 0.15) is 6.61 Å². The van der Waals surface area contributed by atoms with Crippen LogP contribution in [0.5, 0.6) is 0 Å². The lowest BCUT2D eigenvalue weighted by molar-refractivity contribution is -0.134. The molecular formula is C30H51N4O4P. The third-order valence-electron chi connectivity index (χ3n) is 8.29. The fraction of sp³-hybridized carbons (Fsp3) is 0.833. The smallest absolute Gasteiger partial charge is 0.259 e. The van der Waals surface area contributed by atoms with Crippen molar-refractivity contribution in [2.75, 3.05) is 39.4 Å².